The largest absolute Gasteiger partial charge is 0.399 e. The molecule has 1 aliphatic heterocycles. The number of hydrogen-bond donors (Lipinski definition) is 2. The highest BCUT2D eigenvalue weighted by molar-refractivity contribution is 5.78. The minimum atomic E-state index is 0.123. The van der Waals surface area contributed by atoms with Crippen molar-refractivity contribution in [3.8, 4) is 0 Å². The number of fused-ring (bicyclic) bond motifs is 1. The second-order valence-electron chi connectivity index (χ2n) is 6.02. The highest BCUT2D eigenvalue weighted by Gasteiger charge is 2.18. The second-order valence-corrected chi connectivity index (χ2v) is 6.02. The van der Waals surface area contributed by atoms with Crippen LogP contribution in [0.3, 0.4) is 0 Å². The lowest BCUT2D eigenvalue weighted by Crippen LogP contribution is -2.40. The van der Waals surface area contributed by atoms with Gasteiger partial charge < -0.3 is 11.1 Å². The molecule has 1 aromatic carbocycles. The highest BCUT2D eigenvalue weighted by atomic mass is 16.2. The monoisotopic (exact) mass is 275 g/mol. The Balaban J connectivity index is 1.82. The zero-order chi connectivity index (χ0) is 14.5. The Morgan fingerprint density at radius 3 is 2.95 bits per heavy atom. The first kappa shape index (κ1) is 14.9. The van der Waals surface area contributed by atoms with Crippen LogP contribution >= 0.6 is 0 Å². The number of nitrogens with two attached hydrogens (primary N) is 1. The molecule has 1 heterocycles. The van der Waals surface area contributed by atoms with Crippen molar-refractivity contribution in [3.05, 3.63) is 29.3 Å². The van der Waals surface area contributed by atoms with Crippen molar-refractivity contribution >= 4 is 11.6 Å². The van der Waals surface area contributed by atoms with Gasteiger partial charge in [-0.15, -0.1) is 0 Å². The van der Waals surface area contributed by atoms with E-state index in [1.54, 1.807) is 0 Å². The lowest BCUT2D eigenvalue weighted by molar-refractivity contribution is -0.122. The number of rotatable bonds is 5. The van der Waals surface area contributed by atoms with Crippen LogP contribution in [0.15, 0.2) is 18.2 Å². The van der Waals surface area contributed by atoms with Gasteiger partial charge in [-0.1, -0.05) is 19.9 Å². The molecule has 0 spiro atoms. The van der Waals surface area contributed by atoms with Crippen LogP contribution in [0, 0.1) is 5.92 Å². The molecule has 0 aliphatic carbocycles. The maximum absolute atomic E-state index is 11.9. The van der Waals surface area contributed by atoms with E-state index in [1.807, 2.05) is 12.1 Å². The number of anilines is 1. The smallest absolute Gasteiger partial charge is 0.234 e. The molecule has 3 N–H and O–H groups in total. The van der Waals surface area contributed by atoms with Crippen molar-refractivity contribution in [1.82, 2.24) is 10.2 Å². The van der Waals surface area contributed by atoms with E-state index < -0.39 is 0 Å². The fraction of sp³-hybridized carbons (Fsp3) is 0.562. The van der Waals surface area contributed by atoms with E-state index in [4.69, 9.17) is 5.73 Å². The van der Waals surface area contributed by atoms with Gasteiger partial charge in [0.15, 0.2) is 0 Å². The van der Waals surface area contributed by atoms with Crippen LogP contribution < -0.4 is 11.1 Å². The van der Waals surface area contributed by atoms with Crippen LogP contribution in [-0.4, -0.2) is 30.4 Å². The molecule has 0 atom stereocenters. The molecule has 20 heavy (non-hydrogen) atoms. The zero-order valence-electron chi connectivity index (χ0n) is 12.5. The summed E-state index contributed by atoms with van der Waals surface area (Å²) in [6, 6.07) is 6.08. The number of nitrogens with zero attached hydrogens (tertiary/aromatic N) is 1. The van der Waals surface area contributed by atoms with Crippen molar-refractivity contribution < 1.29 is 4.79 Å². The first-order valence-electron chi connectivity index (χ1n) is 7.41. The summed E-state index contributed by atoms with van der Waals surface area (Å²) in [6.45, 7) is 7.34. The van der Waals surface area contributed by atoms with E-state index in [0.29, 0.717) is 12.5 Å². The fourth-order valence-electron chi connectivity index (χ4n) is 2.53. The molecule has 1 aliphatic rings. The predicted molar refractivity (Wildman–Crippen MR) is 82.3 cm³/mol. The third kappa shape index (κ3) is 4.23. The van der Waals surface area contributed by atoms with Gasteiger partial charge in [-0.3, -0.25) is 9.69 Å². The molecule has 0 saturated heterocycles. The van der Waals surface area contributed by atoms with Crippen LogP contribution in [0.25, 0.3) is 0 Å². The van der Waals surface area contributed by atoms with E-state index in [9.17, 15) is 4.79 Å². The Labute approximate surface area is 121 Å². The van der Waals surface area contributed by atoms with Crippen LogP contribution in [0.2, 0.25) is 0 Å². The molecule has 0 bridgehead atoms. The van der Waals surface area contributed by atoms with Gasteiger partial charge >= 0.3 is 0 Å². The molecule has 2 rings (SSSR count). The van der Waals surface area contributed by atoms with E-state index in [-0.39, 0.29) is 5.91 Å². The number of benzene rings is 1. The minimum absolute atomic E-state index is 0.123. The van der Waals surface area contributed by atoms with Crippen LogP contribution in [0.4, 0.5) is 5.69 Å². The SMILES string of the molecule is CC(C)CCNC(=O)CN1CCc2ccc(N)cc2C1. The summed E-state index contributed by atoms with van der Waals surface area (Å²) in [5, 5.41) is 2.99. The molecule has 1 amide bonds. The van der Waals surface area contributed by atoms with Gasteiger partial charge in [-0.05, 0) is 42.0 Å². The van der Waals surface area contributed by atoms with Gasteiger partial charge in [0, 0.05) is 25.3 Å². The van der Waals surface area contributed by atoms with Gasteiger partial charge in [0.05, 0.1) is 6.54 Å². The first-order valence-corrected chi connectivity index (χ1v) is 7.41. The Morgan fingerprint density at radius 2 is 2.20 bits per heavy atom. The lowest BCUT2D eigenvalue weighted by atomic mass is 9.99. The normalized spacial score (nSPS) is 15.2. The maximum atomic E-state index is 11.9. The number of nitrogens with one attached hydrogen (secondary N) is 1. The third-order valence-corrected chi connectivity index (χ3v) is 3.73. The summed E-state index contributed by atoms with van der Waals surface area (Å²) >= 11 is 0. The molecule has 4 heteroatoms. The molecule has 1 aromatic rings. The van der Waals surface area contributed by atoms with Crippen molar-refractivity contribution in [2.45, 2.75) is 33.2 Å². The molecule has 0 aromatic heterocycles. The lowest BCUT2D eigenvalue weighted by Gasteiger charge is -2.28. The number of amides is 1. The third-order valence-electron chi connectivity index (χ3n) is 3.73. The topological polar surface area (TPSA) is 58.4 Å². The summed E-state index contributed by atoms with van der Waals surface area (Å²) in [4.78, 5) is 14.1. The average molecular weight is 275 g/mol. The first-order chi connectivity index (χ1) is 9.54. The standard InChI is InChI=1S/C16H25N3O/c1-12(2)5-7-18-16(20)11-19-8-6-13-3-4-15(17)9-14(13)10-19/h3-4,9,12H,5-8,10-11,17H2,1-2H3,(H,18,20). The van der Waals surface area contributed by atoms with Crippen molar-refractivity contribution in [2.75, 3.05) is 25.4 Å². The maximum Gasteiger partial charge on any atom is 0.234 e. The zero-order valence-corrected chi connectivity index (χ0v) is 12.5. The molecule has 110 valence electrons. The predicted octanol–water partition coefficient (Wildman–Crippen LogP) is 1.79. The van der Waals surface area contributed by atoms with Gasteiger partial charge in [0.2, 0.25) is 5.91 Å². The van der Waals surface area contributed by atoms with E-state index >= 15 is 0 Å². The molecular weight excluding hydrogens is 250 g/mol. The Hall–Kier alpha value is -1.55. The van der Waals surface area contributed by atoms with Gasteiger partial charge in [-0.25, -0.2) is 0 Å². The summed E-state index contributed by atoms with van der Waals surface area (Å²) in [6.07, 6.45) is 2.03. The number of hydrogen-bond acceptors (Lipinski definition) is 3. The van der Waals surface area contributed by atoms with E-state index in [0.717, 1.165) is 38.2 Å². The quantitative estimate of drug-likeness (QED) is 0.806. The number of nitrogen functional groups attached to an aromatic ring is 1. The molecule has 0 fully saturated rings. The Kier molecular flexibility index (Phi) is 5.01. The molecule has 0 unspecified atom stereocenters. The molecule has 0 radical (unpaired) electrons. The molecule has 0 saturated carbocycles. The van der Waals surface area contributed by atoms with Gasteiger partial charge in [0.1, 0.15) is 0 Å². The minimum Gasteiger partial charge on any atom is -0.399 e. The fourth-order valence-corrected chi connectivity index (χ4v) is 2.53. The second kappa shape index (κ2) is 6.75. The highest BCUT2D eigenvalue weighted by Crippen LogP contribution is 2.20. The Morgan fingerprint density at radius 1 is 1.40 bits per heavy atom. The van der Waals surface area contributed by atoms with Crippen LogP contribution in [0.5, 0.6) is 0 Å². The number of carbonyl (C=O) groups is 1. The number of carbonyl (C=O) groups excluding carboxylic acids is 1. The average Bonchev–Trinajstić information content (AvgIpc) is 2.37. The van der Waals surface area contributed by atoms with Crippen LogP contribution in [0.1, 0.15) is 31.4 Å². The summed E-state index contributed by atoms with van der Waals surface area (Å²) in [5.41, 5.74) is 9.24. The Bertz CT molecular complexity index is 471. The van der Waals surface area contributed by atoms with Gasteiger partial charge in [-0.2, -0.15) is 0 Å². The van der Waals surface area contributed by atoms with Gasteiger partial charge in [0.25, 0.3) is 0 Å². The van der Waals surface area contributed by atoms with Crippen molar-refractivity contribution in [2.24, 2.45) is 5.92 Å². The van der Waals surface area contributed by atoms with Crippen molar-refractivity contribution in [3.63, 3.8) is 0 Å². The van der Waals surface area contributed by atoms with Crippen molar-refractivity contribution in [1.29, 1.82) is 0 Å². The van der Waals surface area contributed by atoms with E-state index in [1.165, 1.54) is 11.1 Å². The molecular formula is C16H25N3O. The summed E-state index contributed by atoms with van der Waals surface area (Å²) < 4.78 is 0. The van der Waals surface area contributed by atoms with E-state index in [2.05, 4.69) is 30.1 Å². The summed E-state index contributed by atoms with van der Waals surface area (Å²) in [5.74, 6) is 0.748. The van der Waals surface area contributed by atoms with Crippen LogP contribution in [-0.2, 0) is 17.8 Å². The summed E-state index contributed by atoms with van der Waals surface area (Å²) in [7, 11) is 0. The molecule has 4 nitrogen and oxygen atoms in total.